The molecule has 0 aromatic heterocycles. The zero-order chi connectivity index (χ0) is 27.6. The molecule has 0 unspecified atom stereocenters. The van der Waals surface area contributed by atoms with Crippen LogP contribution in [0.1, 0.15) is 39.0 Å². The van der Waals surface area contributed by atoms with Crippen molar-refractivity contribution in [2.24, 2.45) is 0 Å². The Bertz CT molecular complexity index is 1550. The molecule has 8 heteroatoms. The van der Waals surface area contributed by atoms with E-state index in [2.05, 4.69) is 5.32 Å². The molecule has 0 radical (unpaired) electrons. The van der Waals surface area contributed by atoms with Gasteiger partial charge in [0.2, 0.25) is 12.7 Å². The second-order valence-electron chi connectivity index (χ2n) is 9.56. The number of nitrogens with zero attached hydrogens (tertiary/aromatic N) is 1. The maximum absolute atomic E-state index is 14.1. The summed E-state index contributed by atoms with van der Waals surface area (Å²) in [6.45, 7) is 0.447. The number of benzene rings is 4. The van der Waals surface area contributed by atoms with Crippen molar-refractivity contribution in [2.75, 3.05) is 25.9 Å². The molecule has 8 nitrogen and oxygen atoms in total. The first-order chi connectivity index (χ1) is 19.6. The molecule has 2 aliphatic heterocycles. The molecule has 0 bridgehead atoms. The highest BCUT2D eigenvalue weighted by Crippen LogP contribution is 2.47. The van der Waals surface area contributed by atoms with Crippen LogP contribution in [-0.4, -0.2) is 32.8 Å². The smallest absolute Gasteiger partial charge is 0.259 e. The Hall–Kier alpha value is -4.98. The summed E-state index contributed by atoms with van der Waals surface area (Å²) < 4.78 is 21.7. The number of carbonyl (C=O) groups excluding carboxylic acids is 2. The summed E-state index contributed by atoms with van der Waals surface area (Å²) in [6.07, 6.45) is 0. The van der Waals surface area contributed by atoms with Crippen LogP contribution in [0.15, 0.2) is 91.0 Å². The molecule has 6 rings (SSSR count). The van der Waals surface area contributed by atoms with Crippen LogP contribution in [0.5, 0.6) is 23.0 Å². The van der Waals surface area contributed by atoms with Crippen molar-refractivity contribution in [3.63, 3.8) is 0 Å². The largest absolute Gasteiger partial charge is 0.497 e. The molecule has 4 aromatic rings. The first-order valence-electron chi connectivity index (χ1n) is 12.9. The normalized spacial score (nSPS) is 17.2. The molecule has 2 amide bonds. The fourth-order valence-electron chi connectivity index (χ4n) is 5.32. The predicted molar refractivity (Wildman–Crippen MR) is 149 cm³/mol. The third kappa shape index (κ3) is 4.58. The Morgan fingerprint density at radius 3 is 2.27 bits per heavy atom. The van der Waals surface area contributed by atoms with Gasteiger partial charge in [0.25, 0.3) is 5.91 Å². The van der Waals surface area contributed by atoms with Crippen LogP contribution in [0.4, 0.5) is 5.69 Å². The number of carbonyl (C=O) groups is 2. The van der Waals surface area contributed by atoms with Crippen molar-refractivity contribution in [3.8, 4) is 23.0 Å². The summed E-state index contributed by atoms with van der Waals surface area (Å²) in [5.41, 5.74) is 3.50. The van der Waals surface area contributed by atoms with E-state index in [1.54, 1.807) is 37.3 Å². The number of rotatable bonds is 7. The number of hydrogen-bond donors (Lipinski definition) is 1. The lowest BCUT2D eigenvalue weighted by Gasteiger charge is -2.42. The standard InChI is InChI=1S/C32H28N2O6/c1-37-23-12-7-20(8-13-23)18-33-31(35)29-25-5-3-4-6-26(25)32(36)34(22-11-16-27-28(17-22)40-19-39-27)30(29)21-9-14-24(38-2)15-10-21/h3-17,29-30H,18-19H2,1-2H3,(H,33,35)/t29-,30-/m1/s1. The highest BCUT2D eigenvalue weighted by molar-refractivity contribution is 6.11. The summed E-state index contributed by atoms with van der Waals surface area (Å²) in [4.78, 5) is 29.9. The van der Waals surface area contributed by atoms with Gasteiger partial charge in [-0.3, -0.25) is 14.5 Å². The lowest BCUT2D eigenvalue weighted by atomic mass is 9.78. The molecule has 0 saturated carbocycles. The van der Waals surface area contributed by atoms with E-state index in [-0.39, 0.29) is 18.6 Å². The zero-order valence-corrected chi connectivity index (χ0v) is 22.1. The Balaban J connectivity index is 1.44. The number of anilines is 1. The number of nitrogens with one attached hydrogen (secondary N) is 1. The lowest BCUT2D eigenvalue weighted by Crippen LogP contribution is -2.47. The van der Waals surface area contributed by atoms with E-state index in [0.717, 1.165) is 16.9 Å². The maximum atomic E-state index is 14.1. The fraction of sp³-hybridized carbons (Fsp3) is 0.188. The average Bonchev–Trinajstić information content (AvgIpc) is 3.48. The monoisotopic (exact) mass is 536 g/mol. The minimum atomic E-state index is -0.689. The van der Waals surface area contributed by atoms with Gasteiger partial charge in [0.05, 0.1) is 26.2 Å². The number of fused-ring (bicyclic) bond motifs is 2. The second-order valence-corrected chi connectivity index (χ2v) is 9.56. The van der Waals surface area contributed by atoms with Crippen molar-refractivity contribution in [3.05, 3.63) is 113 Å². The van der Waals surface area contributed by atoms with Gasteiger partial charge in [-0.15, -0.1) is 0 Å². The highest BCUT2D eigenvalue weighted by Gasteiger charge is 2.45. The van der Waals surface area contributed by atoms with E-state index in [4.69, 9.17) is 18.9 Å². The van der Waals surface area contributed by atoms with Crippen LogP contribution in [0.3, 0.4) is 0 Å². The number of ether oxygens (including phenoxy) is 4. The Morgan fingerprint density at radius 1 is 0.875 bits per heavy atom. The van der Waals surface area contributed by atoms with Crippen molar-refractivity contribution >= 4 is 17.5 Å². The summed E-state index contributed by atoms with van der Waals surface area (Å²) in [5.74, 6) is 1.51. The number of hydrogen-bond acceptors (Lipinski definition) is 6. The SMILES string of the molecule is COc1ccc(CNC(=O)[C@@H]2c3ccccc3C(=O)N(c3ccc4c(c3)OCO4)[C@@H]2c2ccc(OC)cc2)cc1. The van der Waals surface area contributed by atoms with Crippen molar-refractivity contribution in [2.45, 2.75) is 18.5 Å². The molecule has 40 heavy (non-hydrogen) atoms. The predicted octanol–water partition coefficient (Wildman–Crippen LogP) is 5.23. The first-order valence-corrected chi connectivity index (χ1v) is 12.9. The van der Waals surface area contributed by atoms with Gasteiger partial charge in [0.15, 0.2) is 11.5 Å². The highest BCUT2D eigenvalue weighted by atomic mass is 16.7. The van der Waals surface area contributed by atoms with E-state index >= 15 is 0 Å². The second kappa shape index (κ2) is 10.6. The van der Waals surface area contributed by atoms with Crippen LogP contribution < -0.4 is 29.2 Å². The molecule has 2 atom stereocenters. The number of amides is 2. The minimum Gasteiger partial charge on any atom is -0.497 e. The molecule has 0 spiro atoms. The quantitative estimate of drug-likeness (QED) is 0.348. The summed E-state index contributed by atoms with van der Waals surface area (Å²) in [6, 6.07) is 27.1. The Kier molecular flexibility index (Phi) is 6.74. The van der Waals surface area contributed by atoms with E-state index < -0.39 is 12.0 Å². The third-order valence-electron chi connectivity index (χ3n) is 7.34. The minimum absolute atomic E-state index is 0.119. The fourth-order valence-corrected chi connectivity index (χ4v) is 5.32. The van der Waals surface area contributed by atoms with E-state index in [0.29, 0.717) is 40.6 Å². The number of methoxy groups -OCH3 is 2. The van der Waals surface area contributed by atoms with Crippen LogP contribution in [0.25, 0.3) is 0 Å². The van der Waals surface area contributed by atoms with Crippen LogP contribution >= 0.6 is 0 Å². The van der Waals surface area contributed by atoms with Crippen molar-refractivity contribution in [1.29, 1.82) is 0 Å². The molecule has 0 saturated heterocycles. The van der Waals surface area contributed by atoms with Gasteiger partial charge in [-0.1, -0.05) is 42.5 Å². The van der Waals surface area contributed by atoms with Gasteiger partial charge in [-0.2, -0.15) is 0 Å². The molecular formula is C32H28N2O6. The van der Waals surface area contributed by atoms with Crippen LogP contribution in [0.2, 0.25) is 0 Å². The Morgan fingerprint density at radius 2 is 1.55 bits per heavy atom. The van der Waals surface area contributed by atoms with Gasteiger partial charge < -0.3 is 24.3 Å². The Labute approximate surface area is 232 Å². The molecule has 4 aromatic carbocycles. The molecule has 0 fully saturated rings. The maximum Gasteiger partial charge on any atom is 0.259 e. The van der Waals surface area contributed by atoms with Gasteiger partial charge in [0, 0.05) is 23.9 Å². The van der Waals surface area contributed by atoms with Gasteiger partial charge in [-0.05, 0) is 59.2 Å². The first kappa shape index (κ1) is 25.3. The van der Waals surface area contributed by atoms with Gasteiger partial charge in [-0.25, -0.2) is 0 Å². The van der Waals surface area contributed by atoms with Crippen molar-refractivity contribution < 1.29 is 28.5 Å². The molecule has 2 aliphatic rings. The molecular weight excluding hydrogens is 508 g/mol. The van der Waals surface area contributed by atoms with Crippen LogP contribution in [0, 0.1) is 0 Å². The van der Waals surface area contributed by atoms with E-state index in [9.17, 15) is 9.59 Å². The van der Waals surface area contributed by atoms with E-state index in [1.165, 1.54) is 0 Å². The van der Waals surface area contributed by atoms with Gasteiger partial charge >= 0.3 is 0 Å². The molecule has 2 heterocycles. The van der Waals surface area contributed by atoms with Crippen molar-refractivity contribution in [1.82, 2.24) is 5.32 Å². The average molecular weight is 537 g/mol. The zero-order valence-electron chi connectivity index (χ0n) is 22.1. The topological polar surface area (TPSA) is 86.3 Å². The molecule has 1 N–H and O–H groups in total. The van der Waals surface area contributed by atoms with E-state index in [1.807, 2.05) is 72.8 Å². The summed E-state index contributed by atoms with van der Waals surface area (Å²) in [7, 11) is 3.22. The molecule has 0 aliphatic carbocycles. The van der Waals surface area contributed by atoms with Crippen LogP contribution in [-0.2, 0) is 11.3 Å². The lowest BCUT2D eigenvalue weighted by molar-refractivity contribution is -0.123. The third-order valence-corrected chi connectivity index (χ3v) is 7.34. The van der Waals surface area contributed by atoms with Gasteiger partial charge in [0.1, 0.15) is 11.5 Å². The summed E-state index contributed by atoms with van der Waals surface area (Å²) in [5, 5.41) is 3.11. The molecule has 202 valence electrons. The summed E-state index contributed by atoms with van der Waals surface area (Å²) >= 11 is 0.